The Labute approximate surface area is 168 Å². The van der Waals surface area contributed by atoms with Gasteiger partial charge in [-0.15, -0.1) is 0 Å². The molecule has 2 fully saturated rings. The number of carbonyl (C=O) groups excluding carboxylic acids is 1. The third kappa shape index (κ3) is 2.14. The number of nitrogens with zero attached hydrogens (tertiary/aromatic N) is 6. The summed E-state index contributed by atoms with van der Waals surface area (Å²) in [5.41, 5.74) is 4.34. The molecule has 29 heavy (non-hydrogen) atoms. The third-order valence-corrected chi connectivity index (χ3v) is 7.06. The largest absolute Gasteiger partial charge is 0.309 e. The van der Waals surface area contributed by atoms with Crippen LogP contribution in [0, 0.1) is 28.6 Å². The van der Waals surface area contributed by atoms with Crippen LogP contribution in [0.3, 0.4) is 0 Å². The lowest BCUT2D eigenvalue weighted by Crippen LogP contribution is -2.37. The van der Waals surface area contributed by atoms with E-state index >= 15 is 0 Å². The number of hydrogen-bond donors (Lipinski definition) is 0. The molecule has 3 aromatic rings. The van der Waals surface area contributed by atoms with E-state index in [2.05, 4.69) is 27.0 Å². The molecule has 7 heteroatoms. The highest BCUT2D eigenvalue weighted by Crippen LogP contribution is 2.54. The van der Waals surface area contributed by atoms with Gasteiger partial charge in [-0.25, -0.2) is 4.52 Å². The van der Waals surface area contributed by atoms with Gasteiger partial charge in [0.2, 0.25) is 5.91 Å². The fourth-order valence-electron chi connectivity index (χ4n) is 5.39. The van der Waals surface area contributed by atoms with E-state index in [0.29, 0.717) is 6.54 Å². The van der Waals surface area contributed by atoms with Crippen molar-refractivity contribution in [1.82, 2.24) is 19.4 Å². The minimum Gasteiger partial charge on any atom is -0.309 e. The Balaban J connectivity index is 1.45. The molecule has 0 aromatic carbocycles. The lowest BCUT2D eigenvalue weighted by molar-refractivity contribution is -0.124. The maximum Gasteiger partial charge on any atom is 0.248 e. The molecule has 1 saturated carbocycles. The number of hydrogen-bond acceptors (Lipinski definition) is 4. The summed E-state index contributed by atoms with van der Waals surface area (Å²) in [6.07, 6.45) is 9.80. The molecule has 0 N–H and O–H groups in total. The molecule has 6 rings (SSSR count). The number of aromatic nitrogens is 4. The van der Waals surface area contributed by atoms with E-state index in [1.807, 2.05) is 34.8 Å². The first kappa shape index (κ1) is 16.8. The molecule has 7 nitrogen and oxygen atoms in total. The Morgan fingerprint density at radius 3 is 2.97 bits per heavy atom. The quantitative estimate of drug-likeness (QED) is 0.693. The van der Waals surface area contributed by atoms with Crippen LogP contribution in [-0.2, 0) is 17.8 Å². The summed E-state index contributed by atoms with van der Waals surface area (Å²) < 4.78 is 3.92. The van der Waals surface area contributed by atoms with Crippen molar-refractivity contribution in [3.05, 3.63) is 36.4 Å². The number of anilines is 1. The average molecular weight is 386 g/mol. The van der Waals surface area contributed by atoms with Crippen LogP contribution in [0.15, 0.2) is 30.7 Å². The fourth-order valence-corrected chi connectivity index (χ4v) is 5.39. The van der Waals surface area contributed by atoms with Crippen molar-refractivity contribution in [3.8, 4) is 17.2 Å². The van der Waals surface area contributed by atoms with Gasteiger partial charge in [-0.2, -0.15) is 15.5 Å². The Hall–Kier alpha value is -3.14. The SMILES string of the molecule is C[C@@H]1CN(c2ccnn3cc(-c4cnn5c4CCC5)cc23)C(=O)[C@]1(C#N)C1CC1. The lowest BCUT2D eigenvalue weighted by Gasteiger charge is -2.23. The molecule has 0 radical (unpaired) electrons. The smallest absolute Gasteiger partial charge is 0.248 e. The first-order valence-electron chi connectivity index (χ1n) is 10.4. The van der Waals surface area contributed by atoms with Crippen LogP contribution in [0.5, 0.6) is 0 Å². The molecule has 0 bridgehead atoms. The fraction of sp³-hybridized carbons (Fsp3) is 0.455. The summed E-state index contributed by atoms with van der Waals surface area (Å²) >= 11 is 0. The second-order valence-electron chi connectivity index (χ2n) is 8.68. The monoisotopic (exact) mass is 386 g/mol. The first-order chi connectivity index (χ1) is 14.1. The molecule has 3 aromatic heterocycles. The van der Waals surface area contributed by atoms with Gasteiger partial charge in [-0.1, -0.05) is 6.92 Å². The Morgan fingerprint density at radius 1 is 1.31 bits per heavy atom. The van der Waals surface area contributed by atoms with Crippen LogP contribution in [-0.4, -0.2) is 31.8 Å². The normalized spacial score (nSPS) is 26.3. The number of amides is 1. The third-order valence-electron chi connectivity index (χ3n) is 7.06. The number of fused-ring (bicyclic) bond motifs is 2. The van der Waals surface area contributed by atoms with Crippen molar-refractivity contribution in [2.24, 2.45) is 17.3 Å². The summed E-state index contributed by atoms with van der Waals surface area (Å²) in [4.78, 5) is 15.3. The van der Waals surface area contributed by atoms with Crippen LogP contribution in [0.4, 0.5) is 5.69 Å². The maximum absolute atomic E-state index is 13.4. The van der Waals surface area contributed by atoms with Crippen LogP contribution in [0.2, 0.25) is 0 Å². The van der Waals surface area contributed by atoms with Crippen molar-refractivity contribution < 1.29 is 4.79 Å². The Kier molecular flexibility index (Phi) is 3.29. The molecule has 2 atom stereocenters. The molecule has 0 spiro atoms. The zero-order valence-electron chi connectivity index (χ0n) is 16.4. The van der Waals surface area contributed by atoms with Gasteiger partial charge in [-0.3, -0.25) is 9.48 Å². The van der Waals surface area contributed by atoms with E-state index in [0.717, 1.165) is 54.6 Å². The topological polar surface area (TPSA) is 79.2 Å². The van der Waals surface area contributed by atoms with Crippen LogP contribution < -0.4 is 4.90 Å². The maximum atomic E-state index is 13.4. The Bertz CT molecular complexity index is 1200. The molecule has 1 amide bonds. The highest BCUT2D eigenvalue weighted by molar-refractivity contribution is 6.05. The molecule has 2 aliphatic heterocycles. The number of carbonyl (C=O) groups is 1. The molecular formula is C22H22N6O. The molecule has 146 valence electrons. The van der Waals surface area contributed by atoms with E-state index in [-0.39, 0.29) is 17.7 Å². The lowest BCUT2D eigenvalue weighted by atomic mass is 9.75. The molecule has 5 heterocycles. The molecular weight excluding hydrogens is 364 g/mol. The minimum absolute atomic E-state index is 0.0223. The van der Waals surface area contributed by atoms with Gasteiger partial charge in [0.1, 0.15) is 5.41 Å². The second kappa shape index (κ2) is 5.69. The summed E-state index contributed by atoms with van der Waals surface area (Å²) in [6, 6.07) is 6.41. The van der Waals surface area contributed by atoms with E-state index < -0.39 is 5.41 Å². The average Bonchev–Trinajstić information content (AvgIpc) is 3.06. The van der Waals surface area contributed by atoms with Gasteiger partial charge >= 0.3 is 0 Å². The number of nitriles is 1. The van der Waals surface area contributed by atoms with E-state index in [4.69, 9.17) is 0 Å². The van der Waals surface area contributed by atoms with Crippen LogP contribution in [0.1, 0.15) is 31.9 Å². The summed E-state index contributed by atoms with van der Waals surface area (Å²) in [5.74, 6) is 0.182. The summed E-state index contributed by atoms with van der Waals surface area (Å²) in [5, 5.41) is 18.9. The Morgan fingerprint density at radius 2 is 2.17 bits per heavy atom. The second-order valence-corrected chi connectivity index (χ2v) is 8.68. The highest BCUT2D eigenvalue weighted by atomic mass is 16.2. The number of aryl methyl sites for hydroxylation is 1. The minimum atomic E-state index is -0.872. The predicted octanol–water partition coefficient (Wildman–Crippen LogP) is 3.05. The molecule has 1 saturated heterocycles. The van der Waals surface area contributed by atoms with E-state index in [1.54, 1.807) is 6.20 Å². The van der Waals surface area contributed by atoms with Crippen LogP contribution >= 0.6 is 0 Å². The van der Waals surface area contributed by atoms with E-state index in [1.165, 1.54) is 5.69 Å². The van der Waals surface area contributed by atoms with Crippen molar-refractivity contribution >= 4 is 17.1 Å². The van der Waals surface area contributed by atoms with Crippen molar-refractivity contribution in [2.45, 2.75) is 39.2 Å². The zero-order chi connectivity index (χ0) is 19.8. The summed E-state index contributed by atoms with van der Waals surface area (Å²) in [7, 11) is 0. The highest BCUT2D eigenvalue weighted by Gasteiger charge is 2.61. The zero-order valence-corrected chi connectivity index (χ0v) is 16.4. The molecule has 3 aliphatic rings. The van der Waals surface area contributed by atoms with Gasteiger partial charge in [0.15, 0.2) is 0 Å². The van der Waals surface area contributed by atoms with Crippen molar-refractivity contribution in [1.29, 1.82) is 5.26 Å². The van der Waals surface area contributed by atoms with Gasteiger partial charge < -0.3 is 4.90 Å². The first-order valence-corrected chi connectivity index (χ1v) is 10.4. The van der Waals surface area contributed by atoms with Crippen molar-refractivity contribution in [3.63, 3.8) is 0 Å². The summed E-state index contributed by atoms with van der Waals surface area (Å²) in [6.45, 7) is 3.59. The molecule has 0 unspecified atom stereocenters. The molecule has 1 aliphatic carbocycles. The predicted molar refractivity (Wildman–Crippen MR) is 107 cm³/mol. The van der Waals surface area contributed by atoms with Gasteiger partial charge in [-0.05, 0) is 43.7 Å². The van der Waals surface area contributed by atoms with Gasteiger partial charge in [0, 0.05) is 48.2 Å². The van der Waals surface area contributed by atoms with Crippen LogP contribution in [0.25, 0.3) is 16.6 Å². The van der Waals surface area contributed by atoms with E-state index in [9.17, 15) is 10.1 Å². The number of rotatable bonds is 3. The van der Waals surface area contributed by atoms with Gasteiger partial charge in [0.05, 0.1) is 23.5 Å². The van der Waals surface area contributed by atoms with Gasteiger partial charge in [0.25, 0.3) is 0 Å². The van der Waals surface area contributed by atoms with Crippen molar-refractivity contribution in [2.75, 3.05) is 11.4 Å². The standard InChI is InChI=1S/C22H22N6O/c1-14-11-26(21(29)22(14,13-23)16-4-5-16)19-6-7-24-28-12-15(9-20(19)28)17-10-25-27-8-2-3-18(17)27/h6-7,9-10,12,14,16H,2-5,8,11H2,1H3/t14-,22+/m1/s1.